The minimum atomic E-state index is -4.76. The van der Waals surface area contributed by atoms with E-state index in [2.05, 4.69) is 0 Å². The van der Waals surface area contributed by atoms with Crippen LogP contribution in [0.25, 0.3) is 11.1 Å². The van der Waals surface area contributed by atoms with E-state index in [-0.39, 0.29) is 11.1 Å². The SMILES string of the molecule is O=S(=O)(O)c1cc(B2OCCO2)ccc1-c1ccc(B2OCCO2)cc1S(=O)(=O)O. The first-order chi connectivity index (χ1) is 14.1. The Labute approximate surface area is 173 Å². The largest absolute Gasteiger partial charge is 0.494 e. The number of rotatable bonds is 5. The maximum absolute atomic E-state index is 12.1. The van der Waals surface area contributed by atoms with Crippen LogP contribution >= 0.6 is 0 Å². The van der Waals surface area contributed by atoms with Crippen LogP contribution in [0.15, 0.2) is 46.2 Å². The zero-order chi connectivity index (χ0) is 21.5. The number of hydrogen-bond acceptors (Lipinski definition) is 8. The zero-order valence-corrected chi connectivity index (χ0v) is 17.1. The Morgan fingerprint density at radius 2 is 0.967 bits per heavy atom. The lowest BCUT2D eigenvalue weighted by Gasteiger charge is -2.15. The molecule has 10 nitrogen and oxygen atoms in total. The molecule has 14 heteroatoms. The maximum atomic E-state index is 12.1. The highest BCUT2D eigenvalue weighted by molar-refractivity contribution is 7.86. The molecule has 158 valence electrons. The molecule has 0 radical (unpaired) electrons. The highest BCUT2D eigenvalue weighted by atomic mass is 32.2. The second kappa shape index (κ2) is 8.05. The van der Waals surface area contributed by atoms with Gasteiger partial charge in [-0.25, -0.2) is 0 Å². The van der Waals surface area contributed by atoms with E-state index in [9.17, 15) is 25.9 Å². The monoisotopic (exact) mass is 454 g/mol. The molecule has 2 aromatic carbocycles. The molecule has 0 amide bonds. The molecule has 0 bridgehead atoms. The molecular weight excluding hydrogens is 438 g/mol. The van der Waals surface area contributed by atoms with Crippen molar-refractivity contribution < 1.29 is 44.6 Å². The Bertz CT molecular complexity index is 1080. The van der Waals surface area contributed by atoms with E-state index in [1.54, 1.807) is 0 Å². The molecule has 0 spiro atoms. The normalized spacial score (nSPS) is 17.7. The van der Waals surface area contributed by atoms with Gasteiger partial charge in [-0.15, -0.1) is 0 Å². The van der Waals surface area contributed by atoms with E-state index >= 15 is 0 Å². The van der Waals surface area contributed by atoms with Crippen molar-refractivity contribution in [2.45, 2.75) is 9.79 Å². The van der Waals surface area contributed by atoms with Crippen LogP contribution in [0.5, 0.6) is 0 Å². The van der Waals surface area contributed by atoms with Crippen LogP contribution in [0.2, 0.25) is 0 Å². The third kappa shape index (κ3) is 4.31. The van der Waals surface area contributed by atoms with Crippen molar-refractivity contribution in [3.8, 4) is 11.1 Å². The molecule has 0 saturated carbocycles. The van der Waals surface area contributed by atoms with Crippen LogP contribution in [-0.2, 0) is 38.9 Å². The van der Waals surface area contributed by atoms with E-state index < -0.39 is 44.3 Å². The fourth-order valence-electron chi connectivity index (χ4n) is 3.34. The van der Waals surface area contributed by atoms with Crippen LogP contribution < -0.4 is 10.9 Å². The predicted molar refractivity (Wildman–Crippen MR) is 106 cm³/mol. The summed E-state index contributed by atoms with van der Waals surface area (Å²) in [6.07, 6.45) is 0. The fraction of sp³-hybridized carbons (Fsp3) is 0.250. The molecule has 2 aliphatic rings. The first kappa shape index (κ1) is 21.5. The van der Waals surface area contributed by atoms with Gasteiger partial charge in [-0.3, -0.25) is 9.11 Å². The summed E-state index contributed by atoms with van der Waals surface area (Å²) in [5.74, 6) is 0. The van der Waals surface area contributed by atoms with Gasteiger partial charge in [0.2, 0.25) is 0 Å². The van der Waals surface area contributed by atoms with E-state index in [0.29, 0.717) is 37.4 Å². The van der Waals surface area contributed by atoms with E-state index in [0.717, 1.165) is 12.1 Å². The Balaban J connectivity index is 1.88. The molecule has 2 aromatic rings. The molecule has 2 fully saturated rings. The van der Waals surface area contributed by atoms with Crippen molar-refractivity contribution in [2.24, 2.45) is 0 Å². The van der Waals surface area contributed by atoms with Crippen molar-refractivity contribution in [1.82, 2.24) is 0 Å². The van der Waals surface area contributed by atoms with Crippen molar-refractivity contribution in [2.75, 3.05) is 26.4 Å². The fourth-order valence-corrected chi connectivity index (χ4v) is 4.83. The summed E-state index contributed by atoms with van der Waals surface area (Å²) in [5.41, 5.74) is 0.432. The summed E-state index contributed by atoms with van der Waals surface area (Å²) in [5, 5.41) is 0. The standard InChI is InChI=1S/C16H16B2O10S2/c19-29(20,21)15-9-11(17-25-5-6-26-17)1-3-13(15)14-4-2-12(18-27-7-8-28-18)10-16(14)30(22,23)24/h1-4,9-10H,5-8H2,(H,19,20,21)(H,22,23,24). The Morgan fingerprint density at radius 3 is 1.27 bits per heavy atom. The predicted octanol–water partition coefficient (Wildman–Crippen LogP) is -0.669. The first-order valence-electron chi connectivity index (χ1n) is 8.84. The molecule has 30 heavy (non-hydrogen) atoms. The lowest BCUT2D eigenvalue weighted by atomic mass is 9.77. The highest BCUT2D eigenvalue weighted by Gasteiger charge is 2.32. The summed E-state index contributed by atoms with van der Waals surface area (Å²) >= 11 is 0. The lowest BCUT2D eigenvalue weighted by molar-refractivity contribution is 0.365. The average molecular weight is 454 g/mol. The second-order valence-corrected chi connectivity index (χ2v) is 9.39. The molecule has 0 aromatic heterocycles. The third-order valence-electron chi connectivity index (χ3n) is 4.65. The number of hydrogen-bond donors (Lipinski definition) is 2. The van der Waals surface area contributed by atoms with Gasteiger partial charge in [0.1, 0.15) is 9.79 Å². The van der Waals surface area contributed by atoms with Crippen molar-refractivity contribution in [3.63, 3.8) is 0 Å². The molecule has 2 aliphatic heterocycles. The van der Waals surface area contributed by atoms with Crippen molar-refractivity contribution in [1.29, 1.82) is 0 Å². The Hall–Kier alpha value is -1.77. The van der Waals surface area contributed by atoms with Gasteiger partial charge in [-0.1, -0.05) is 24.3 Å². The van der Waals surface area contributed by atoms with Crippen LogP contribution in [0.1, 0.15) is 0 Å². The molecule has 0 atom stereocenters. The third-order valence-corrected chi connectivity index (χ3v) is 6.43. The second-order valence-electron chi connectivity index (χ2n) is 6.61. The van der Waals surface area contributed by atoms with Gasteiger partial charge in [0, 0.05) is 11.1 Å². The molecule has 0 unspecified atom stereocenters. The summed E-state index contributed by atoms with van der Waals surface area (Å²) in [4.78, 5) is -1.10. The summed E-state index contributed by atoms with van der Waals surface area (Å²) < 4.78 is 89.1. The quantitative estimate of drug-likeness (QED) is 0.441. The molecular formula is C16H16B2O10S2. The summed E-state index contributed by atoms with van der Waals surface area (Å²) in [7, 11) is -11.1. The van der Waals surface area contributed by atoms with Crippen LogP contribution in [0, 0.1) is 0 Å². The van der Waals surface area contributed by atoms with Gasteiger partial charge < -0.3 is 18.6 Å². The van der Waals surface area contributed by atoms with Crippen LogP contribution in [0.4, 0.5) is 0 Å². The molecule has 2 saturated heterocycles. The van der Waals surface area contributed by atoms with E-state index in [1.165, 1.54) is 24.3 Å². The zero-order valence-electron chi connectivity index (χ0n) is 15.4. The van der Waals surface area contributed by atoms with Crippen LogP contribution in [0.3, 0.4) is 0 Å². The lowest BCUT2D eigenvalue weighted by Crippen LogP contribution is -2.33. The molecule has 4 rings (SSSR count). The van der Waals surface area contributed by atoms with Gasteiger partial charge in [0.15, 0.2) is 0 Å². The minimum absolute atomic E-state index is 0.119. The Morgan fingerprint density at radius 1 is 0.633 bits per heavy atom. The Kier molecular flexibility index (Phi) is 5.76. The van der Waals surface area contributed by atoms with E-state index in [1.807, 2.05) is 0 Å². The topological polar surface area (TPSA) is 146 Å². The number of benzene rings is 2. The minimum Gasteiger partial charge on any atom is -0.405 e. The molecule has 2 N–H and O–H groups in total. The van der Waals surface area contributed by atoms with E-state index in [4.69, 9.17) is 18.6 Å². The summed E-state index contributed by atoms with van der Waals surface area (Å²) in [6.45, 7) is 1.31. The van der Waals surface area contributed by atoms with Gasteiger partial charge in [0.05, 0.1) is 26.4 Å². The highest BCUT2D eigenvalue weighted by Crippen LogP contribution is 2.32. The van der Waals surface area contributed by atoms with Gasteiger partial charge in [-0.05, 0) is 23.1 Å². The van der Waals surface area contributed by atoms with Gasteiger partial charge >= 0.3 is 14.2 Å². The van der Waals surface area contributed by atoms with Crippen LogP contribution in [-0.4, -0.2) is 66.6 Å². The smallest absolute Gasteiger partial charge is 0.405 e. The molecule has 0 aliphatic carbocycles. The molecule has 2 heterocycles. The van der Waals surface area contributed by atoms with Gasteiger partial charge in [-0.2, -0.15) is 16.8 Å². The first-order valence-corrected chi connectivity index (χ1v) is 11.7. The van der Waals surface area contributed by atoms with Crippen molar-refractivity contribution >= 4 is 45.4 Å². The van der Waals surface area contributed by atoms with Gasteiger partial charge in [0.25, 0.3) is 20.2 Å². The maximum Gasteiger partial charge on any atom is 0.494 e. The van der Waals surface area contributed by atoms with Crippen molar-refractivity contribution in [3.05, 3.63) is 36.4 Å². The average Bonchev–Trinajstić information content (AvgIpc) is 3.40. The summed E-state index contributed by atoms with van der Waals surface area (Å²) in [6, 6.07) is 7.90.